The van der Waals surface area contributed by atoms with Crippen LogP contribution in [0.25, 0.3) is 0 Å². The summed E-state index contributed by atoms with van der Waals surface area (Å²) < 4.78 is 5.62. The van der Waals surface area contributed by atoms with Crippen molar-refractivity contribution in [2.24, 2.45) is 11.1 Å². The standard InChI is InChI=1S/C14H27NO2/c1-12-14(16,9-10-17-12)13(11-15)7-5-3-2-4-6-8-13/h12,16H,2-11,15H2,1H3. The Hall–Kier alpha value is -0.120. The lowest BCUT2D eigenvalue weighted by molar-refractivity contribution is -0.127. The van der Waals surface area contributed by atoms with Gasteiger partial charge in [0.25, 0.3) is 0 Å². The molecule has 1 saturated heterocycles. The van der Waals surface area contributed by atoms with Crippen LogP contribution in [0.2, 0.25) is 0 Å². The SMILES string of the molecule is CC1OCCC1(O)C1(CN)CCCCCCC1. The number of rotatable bonds is 2. The zero-order chi connectivity index (χ0) is 12.4. The topological polar surface area (TPSA) is 55.5 Å². The Kier molecular flexibility index (Phi) is 4.11. The molecule has 17 heavy (non-hydrogen) atoms. The molecule has 3 N–H and O–H groups in total. The van der Waals surface area contributed by atoms with Gasteiger partial charge in [0.05, 0.1) is 11.7 Å². The maximum absolute atomic E-state index is 11.0. The molecule has 0 aromatic rings. The number of hydrogen-bond donors (Lipinski definition) is 2. The molecular formula is C14H27NO2. The Morgan fingerprint density at radius 1 is 1.12 bits per heavy atom. The van der Waals surface area contributed by atoms with Crippen molar-refractivity contribution in [2.45, 2.75) is 70.0 Å². The Labute approximate surface area is 105 Å². The molecule has 0 aromatic heterocycles. The largest absolute Gasteiger partial charge is 0.386 e. The van der Waals surface area contributed by atoms with Crippen LogP contribution < -0.4 is 5.73 Å². The van der Waals surface area contributed by atoms with Crippen molar-refractivity contribution in [1.29, 1.82) is 0 Å². The minimum Gasteiger partial charge on any atom is -0.386 e. The third-order valence-electron chi connectivity index (χ3n) is 5.14. The Morgan fingerprint density at radius 3 is 2.18 bits per heavy atom. The van der Waals surface area contributed by atoms with Crippen molar-refractivity contribution >= 4 is 0 Å². The maximum Gasteiger partial charge on any atom is 0.0995 e. The van der Waals surface area contributed by atoms with Crippen LogP contribution in [0.3, 0.4) is 0 Å². The lowest BCUT2D eigenvalue weighted by Crippen LogP contribution is -2.56. The van der Waals surface area contributed by atoms with Crippen LogP contribution in [0, 0.1) is 5.41 Å². The summed E-state index contributed by atoms with van der Waals surface area (Å²) in [6, 6.07) is 0. The predicted molar refractivity (Wildman–Crippen MR) is 68.8 cm³/mol. The van der Waals surface area contributed by atoms with Crippen molar-refractivity contribution in [3.8, 4) is 0 Å². The van der Waals surface area contributed by atoms with Gasteiger partial charge in [-0.25, -0.2) is 0 Å². The first-order chi connectivity index (χ1) is 8.15. The van der Waals surface area contributed by atoms with Crippen LogP contribution in [0.5, 0.6) is 0 Å². The van der Waals surface area contributed by atoms with Crippen molar-refractivity contribution in [1.82, 2.24) is 0 Å². The molecule has 0 radical (unpaired) electrons. The van der Waals surface area contributed by atoms with Gasteiger partial charge >= 0.3 is 0 Å². The van der Waals surface area contributed by atoms with E-state index in [4.69, 9.17) is 10.5 Å². The van der Waals surface area contributed by atoms with Gasteiger partial charge in [-0.15, -0.1) is 0 Å². The first-order valence-electron chi connectivity index (χ1n) is 7.19. The molecule has 100 valence electrons. The molecule has 1 aliphatic heterocycles. The van der Waals surface area contributed by atoms with Crippen molar-refractivity contribution < 1.29 is 9.84 Å². The number of ether oxygens (including phenoxy) is 1. The summed E-state index contributed by atoms with van der Waals surface area (Å²) in [5, 5.41) is 11.0. The van der Waals surface area contributed by atoms with Gasteiger partial charge in [0.15, 0.2) is 0 Å². The highest BCUT2D eigenvalue weighted by molar-refractivity contribution is 5.05. The average molecular weight is 241 g/mol. The fourth-order valence-electron chi connectivity index (χ4n) is 3.82. The molecule has 0 spiro atoms. The molecule has 0 aromatic carbocycles. The van der Waals surface area contributed by atoms with E-state index in [1.165, 1.54) is 32.1 Å². The summed E-state index contributed by atoms with van der Waals surface area (Å²) >= 11 is 0. The van der Waals surface area contributed by atoms with Gasteiger partial charge in [-0.05, 0) is 19.8 Å². The third-order valence-corrected chi connectivity index (χ3v) is 5.14. The molecule has 2 fully saturated rings. The predicted octanol–water partition coefficient (Wildman–Crippen LogP) is 2.22. The monoisotopic (exact) mass is 241 g/mol. The van der Waals surface area contributed by atoms with E-state index in [0.717, 1.165) is 19.3 Å². The molecule has 2 rings (SSSR count). The molecule has 3 nitrogen and oxygen atoms in total. The first-order valence-corrected chi connectivity index (χ1v) is 7.19. The van der Waals surface area contributed by atoms with Gasteiger partial charge in [-0.3, -0.25) is 0 Å². The average Bonchev–Trinajstić information content (AvgIpc) is 2.61. The second-order valence-corrected chi connectivity index (χ2v) is 5.94. The number of nitrogens with two attached hydrogens (primary N) is 1. The third kappa shape index (κ3) is 2.25. The Balaban J connectivity index is 2.21. The molecule has 0 amide bonds. The van der Waals surface area contributed by atoms with Crippen LogP contribution in [0.1, 0.15) is 58.3 Å². The van der Waals surface area contributed by atoms with E-state index >= 15 is 0 Å². The van der Waals surface area contributed by atoms with Crippen molar-refractivity contribution in [3.05, 3.63) is 0 Å². The minimum absolute atomic E-state index is 0.0644. The molecular weight excluding hydrogens is 214 g/mol. The smallest absolute Gasteiger partial charge is 0.0995 e. The highest BCUT2D eigenvalue weighted by Crippen LogP contribution is 2.48. The Bertz CT molecular complexity index is 249. The van der Waals surface area contributed by atoms with Crippen LogP contribution in [0.4, 0.5) is 0 Å². The van der Waals surface area contributed by atoms with E-state index < -0.39 is 5.60 Å². The quantitative estimate of drug-likeness (QED) is 0.779. The zero-order valence-corrected chi connectivity index (χ0v) is 11.1. The molecule has 0 bridgehead atoms. The minimum atomic E-state index is -0.695. The molecule has 1 heterocycles. The van der Waals surface area contributed by atoms with E-state index in [1.807, 2.05) is 6.92 Å². The second kappa shape index (κ2) is 5.25. The summed E-state index contributed by atoms with van der Waals surface area (Å²) in [7, 11) is 0. The van der Waals surface area contributed by atoms with Gasteiger partial charge in [0.1, 0.15) is 0 Å². The maximum atomic E-state index is 11.0. The summed E-state index contributed by atoms with van der Waals surface area (Å²) in [4.78, 5) is 0. The van der Waals surface area contributed by atoms with Gasteiger partial charge in [-0.2, -0.15) is 0 Å². The number of aliphatic hydroxyl groups is 1. The normalized spacial score (nSPS) is 38.6. The van der Waals surface area contributed by atoms with E-state index in [2.05, 4.69) is 0 Å². The van der Waals surface area contributed by atoms with E-state index in [-0.39, 0.29) is 11.5 Å². The lowest BCUT2D eigenvalue weighted by atomic mass is 9.62. The van der Waals surface area contributed by atoms with Crippen LogP contribution in [-0.4, -0.2) is 30.0 Å². The molecule has 2 unspecified atom stereocenters. The summed E-state index contributed by atoms with van der Waals surface area (Å²) in [6.45, 7) is 3.28. The summed E-state index contributed by atoms with van der Waals surface area (Å²) in [5.74, 6) is 0. The van der Waals surface area contributed by atoms with E-state index in [9.17, 15) is 5.11 Å². The molecule has 2 aliphatic rings. The van der Waals surface area contributed by atoms with Crippen LogP contribution in [0.15, 0.2) is 0 Å². The first kappa shape index (κ1) is 13.3. The van der Waals surface area contributed by atoms with Crippen molar-refractivity contribution in [2.75, 3.05) is 13.2 Å². The summed E-state index contributed by atoms with van der Waals surface area (Å²) in [6.07, 6.45) is 9.13. The van der Waals surface area contributed by atoms with Gasteiger partial charge in [0, 0.05) is 25.0 Å². The highest BCUT2D eigenvalue weighted by atomic mass is 16.5. The molecule has 1 aliphatic carbocycles. The summed E-state index contributed by atoms with van der Waals surface area (Å²) in [5.41, 5.74) is 5.27. The van der Waals surface area contributed by atoms with E-state index in [0.29, 0.717) is 13.2 Å². The van der Waals surface area contributed by atoms with Crippen LogP contribution >= 0.6 is 0 Å². The lowest BCUT2D eigenvalue weighted by Gasteiger charge is -2.47. The zero-order valence-electron chi connectivity index (χ0n) is 11.1. The molecule has 1 saturated carbocycles. The van der Waals surface area contributed by atoms with Gasteiger partial charge < -0.3 is 15.6 Å². The van der Waals surface area contributed by atoms with Gasteiger partial charge in [0.2, 0.25) is 0 Å². The van der Waals surface area contributed by atoms with E-state index in [1.54, 1.807) is 0 Å². The fraction of sp³-hybridized carbons (Fsp3) is 1.00. The fourth-order valence-corrected chi connectivity index (χ4v) is 3.82. The number of hydrogen-bond acceptors (Lipinski definition) is 3. The highest BCUT2D eigenvalue weighted by Gasteiger charge is 2.54. The van der Waals surface area contributed by atoms with Crippen LogP contribution in [-0.2, 0) is 4.74 Å². The molecule has 2 atom stereocenters. The van der Waals surface area contributed by atoms with Crippen molar-refractivity contribution in [3.63, 3.8) is 0 Å². The Morgan fingerprint density at radius 2 is 1.71 bits per heavy atom. The second-order valence-electron chi connectivity index (χ2n) is 5.94. The molecule has 3 heteroatoms. The van der Waals surface area contributed by atoms with Gasteiger partial charge in [-0.1, -0.05) is 32.1 Å².